The Morgan fingerprint density at radius 1 is 1.09 bits per heavy atom. The third-order valence-corrected chi connectivity index (χ3v) is 8.54. The van der Waals surface area contributed by atoms with Crippen molar-refractivity contribution in [3.05, 3.63) is 64.0 Å². The molecule has 32 heavy (non-hydrogen) atoms. The van der Waals surface area contributed by atoms with Crippen molar-refractivity contribution in [2.24, 2.45) is 0 Å². The highest BCUT2D eigenvalue weighted by Gasteiger charge is 2.30. The lowest BCUT2D eigenvalue weighted by atomic mass is 10.1. The largest absolute Gasteiger partial charge is 0.298 e. The van der Waals surface area contributed by atoms with Gasteiger partial charge in [0.05, 0.1) is 15.6 Å². The zero-order valence-electron chi connectivity index (χ0n) is 17.2. The van der Waals surface area contributed by atoms with E-state index in [4.69, 9.17) is 11.6 Å². The molecule has 2 aromatic carbocycles. The minimum Gasteiger partial charge on any atom is -0.298 e. The Labute approximate surface area is 195 Å². The van der Waals surface area contributed by atoms with Gasteiger partial charge in [0.2, 0.25) is 10.0 Å². The maximum Gasteiger partial charge on any atom is 0.257 e. The highest BCUT2D eigenvalue weighted by atomic mass is 35.5. The van der Waals surface area contributed by atoms with Crippen molar-refractivity contribution >= 4 is 49.8 Å². The van der Waals surface area contributed by atoms with Crippen molar-refractivity contribution in [1.29, 1.82) is 0 Å². The molecule has 0 radical (unpaired) electrons. The molecule has 7 nitrogen and oxygen atoms in total. The number of ketones is 1. The highest BCUT2D eigenvalue weighted by Crippen LogP contribution is 2.32. The number of nitrogens with one attached hydrogen (secondary N) is 1. The van der Waals surface area contributed by atoms with Crippen LogP contribution in [0.3, 0.4) is 0 Å². The average molecular weight is 490 g/mol. The minimum absolute atomic E-state index is 0.0629. The number of halogens is 1. The van der Waals surface area contributed by atoms with Crippen LogP contribution < -0.4 is 5.32 Å². The standard InChI is InChI=1S/C22H20ClN3O4S2/c1-14(27)20-19(15-7-3-2-4-8-15)24-22(31-20)25-21(28)16-9-10-17(23)18(13-16)32(29,30)26-11-5-6-12-26/h2-4,7-10,13H,5-6,11-12H2,1H3,(H,24,25,28). The number of nitrogens with zero attached hydrogens (tertiary/aromatic N) is 2. The van der Waals surface area contributed by atoms with Crippen LogP contribution in [-0.4, -0.2) is 42.5 Å². The van der Waals surface area contributed by atoms with E-state index >= 15 is 0 Å². The van der Waals surface area contributed by atoms with Gasteiger partial charge in [-0.3, -0.25) is 14.9 Å². The normalized spacial score (nSPS) is 14.4. The molecule has 0 aliphatic carbocycles. The van der Waals surface area contributed by atoms with E-state index in [0.29, 0.717) is 23.7 Å². The SMILES string of the molecule is CC(=O)c1sc(NC(=O)c2ccc(Cl)c(S(=O)(=O)N3CCCC3)c2)nc1-c1ccccc1. The Bertz CT molecular complexity index is 1280. The van der Waals surface area contributed by atoms with Crippen LogP contribution in [0, 0.1) is 0 Å². The molecule has 0 atom stereocenters. The first-order valence-electron chi connectivity index (χ1n) is 9.95. The maximum atomic E-state index is 12.9. The molecule has 1 N–H and O–H groups in total. The summed E-state index contributed by atoms with van der Waals surface area (Å²) in [5.74, 6) is -0.699. The van der Waals surface area contributed by atoms with Crippen molar-refractivity contribution in [2.45, 2.75) is 24.7 Å². The molecule has 10 heteroatoms. The predicted molar refractivity (Wildman–Crippen MR) is 125 cm³/mol. The van der Waals surface area contributed by atoms with Gasteiger partial charge in [0.25, 0.3) is 5.91 Å². The van der Waals surface area contributed by atoms with Crippen molar-refractivity contribution in [3.63, 3.8) is 0 Å². The fourth-order valence-corrected chi connectivity index (χ4v) is 6.38. The Balaban J connectivity index is 1.63. The molecular weight excluding hydrogens is 470 g/mol. The summed E-state index contributed by atoms with van der Waals surface area (Å²) in [6.45, 7) is 2.31. The van der Waals surface area contributed by atoms with E-state index in [1.807, 2.05) is 30.3 Å². The molecule has 1 amide bonds. The second-order valence-electron chi connectivity index (χ2n) is 7.33. The van der Waals surface area contributed by atoms with E-state index in [1.54, 1.807) is 0 Å². The number of thiazole rings is 1. The Hall–Kier alpha value is -2.59. The van der Waals surface area contributed by atoms with Gasteiger partial charge in [-0.1, -0.05) is 53.3 Å². The Kier molecular flexibility index (Phi) is 6.43. The lowest BCUT2D eigenvalue weighted by Crippen LogP contribution is -2.28. The lowest BCUT2D eigenvalue weighted by Gasteiger charge is -2.17. The van der Waals surface area contributed by atoms with Gasteiger partial charge in [0.1, 0.15) is 4.90 Å². The summed E-state index contributed by atoms with van der Waals surface area (Å²) in [7, 11) is -3.78. The Morgan fingerprint density at radius 3 is 2.44 bits per heavy atom. The van der Waals surface area contributed by atoms with Gasteiger partial charge in [-0.25, -0.2) is 13.4 Å². The molecule has 0 unspecified atom stereocenters. The lowest BCUT2D eigenvalue weighted by molar-refractivity contribution is 0.101. The monoisotopic (exact) mass is 489 g/mol. The molecule has 1 aliphatic heterocycles. The summed E-state index contributed by atoms with van der Waals surface area (Å²) >= 11 is 7.24. The van der Waals surface area contributed by atoms with Crippen LogP contribution in [0.25, 0.3) is 11.3 Å². The summed E-state index contributed by atoms with van der Waals surface area (Å²) in [4.78, 5) is 29.7. The molecule has 1 aliphatic rings. The fraction of sp³-hybridized carbons (Fsp3) is 0.227. The van der Waals surface area contributed by atoms with Crippen LogP contribution in [0.4, 0.5) is 5.13 Å². The van der Waals surface area contributed by atoms with E-state index < -0.39 is 15.9 Å². The van der Waals surface area contributed by atoms with Gasteiger partial charge in [0, 0.05) is 31.1 Å². The molecule has 166 valence electrons. The van der Waals surface area contributed by atoms with Gasteiger partial charge in [-0.15, -0.1) is 0 Å². The molecule has 0 spiro atoms. The molecule has 0 bridgehead atoms. The van der Waals surface area contributed by atoms with Crippen LogP contribution in [0.2, 0.25) is 5.02 Å². The molecule has 1 fully saturated rings. The van der Waals surface area contributed by atoms with E-state index in [2.05, 4.69) is 10.3 Å². The number of hydrogen-bond acceptors (Lipinski definition) is 6. The summed E-state index contributed by atoms with van der Waals surface area (Å²) < 4.78 is 27.2. The van der Waals surface area contributed by atoms with Gasteiger partial charge in [0.15, 0.2) is 10.9 Å². The summed E-state index contributed by atoms with van der Waals surface area (Å²) in [6, 6.07) is 13.3. The topological polar surface area (TPSA) is 96.4 Å². The fourth-order valence-electron chi connectivity index (χ4n) is 3.48. The average Bonchev–Trinajstić information content (AvgIpc) is 3.45. The van der Waals surface area contributed by atoms with Crippen LogP contribution >= 0.6 is 22.9 Å². The maximum absolute atomic E-state index is 12.9. The number of rotatable bonds is 6. The number of Topliss-reactive ketones (excluding diaryl/α,β-unsaturated/α-hetero) is 1. The Morgan fingerprint density at radius 2 is 1.78 bits per heavy atom. The first kappa shape index (κ1) is 22.6. The first-order valence-corrected chi connectivity index (χ1v) is 12.6. The number of carbonyl (C=O) groups excluding carboxylic acids is 2. The number of anilines is 1. The highest BCUT2D eigenvalue weighted by molar-refractivity contribution is 7.89. The summed E-state index contributed by atoms with van der Waals surface area (Å²) in [6.07, 6.45) is 1.59. The van der Waals surface area contributed by atoms with Crippen LogP contribution in [-0.2, 0) is 10.0 Å². The smallest absolute Gasteiger partial charge is 0.257 e. The zero-order chi connectivity index (χ0) is 22.9. The minimum atomic E-state index is -3.78. The van der Waals surface area contributed by atoms with Gasteiger partial charge < -0.3 is 0 Å². The third-order valence-electron chi connectivity index (χ3n) is 5.09. The second-order valence-corrected chi connectivity index (χ2v) is 10.6. The molecule has 1 saturated heterocycles. The molecular formula is C22H20ClN3O4S2. The van der Waals surface area contributed by atoms with Crippen molar-refractivity contribution in [3.8, 4) is 11.3 Å². The second kappa shape index (κ2) is 9.11. The number of carbonyl (C=O) groups is 2. The first-order chi connectivity index (χ1) is 15.3. The van der Waals surface area contributed by atoms with Gasteiger partial charge in [-0.2, -0.15) is 4.31 Å². The third kappa shape index (κ3) is 4.47. The van der Waals surface area contributed by atoms with Crippen LogP contribution in [0.1, 0.15) is 39.8 Å². The van der Waals surface area contributed by atoms with Crippen molar-refractivity contribution in [2.75, 3.05) is 18.4 Å². The van der Waals surface area contributed by atoms with Gasteiger partial charge >= 0.3 is 0 Å². The number of amides is 1. The number of aromatic nitrogens is 1. The van der Waals surface area contributed by atoms with Crippen molar-refractivity contribution in [1.82, 2.24) is 9.29 Å². The van der Waals surface area contributed by atoms with E-state index in [9.17, 15) is 18.0 Å². The number of benzene rings is 2. The van der Waals surface area contributed by atoms with Gasteiger partial charge in [-0.05, 0) is 31.0 Å². The molecule has 1 aromatic heterocycles. The molecule has 3 aromatic rings. The van der Waals surface area contributed by atoms with E-state index in [0.717, 1.165) is 29.7 Å². The van der Waals surface area contributed by atoms with E-state index in [1.165, 1.54) is 29.4 Å². The van der Waals surface area contributed by atoms with Crippen molar-refractivity contribution < 1.29 is 18.0 Å². The molecule has 2 heterocycles. The quantitative estimate of drug-likeness (QED) is 0.506. The number of sulfonamides is 1. The molecule has 4 rings (SSSR count). The van der Waals surface area contributed by atoms with Crippen LogP contribution in [0.5, 0.6) is 0 Å². The number of hydrogen-bond donors (Lipinski definition) is 1. The predicted octanol–water partition coefficient (Wildman–Crippen LogP) is 4.70. The summed E-state index contributed by atoms with van der Waals surface area (Å²) in [5, 5.41) is 2.99. The van der Waals surface area contributed by atoms with Crippen LogP contribution in [0.15, 0.2) is 53.4 Å². The van der Waals surface area contributed by atoms with E-state index in [-0.39, 0.29) is 26.4 Å². The summed E-state index contributed by atoms with van der Waals surface area (Å²) in [5.41, 5.74) is 1.39. The molecule has 0 saturated carbocycles. The zero-order valence-corrected chi connectivity index (χ0v) is 19.6.